The molecule has 0 aliphatic heterocycles. The molecule has 112 valence electrons. The van der Waals surface area contributed by atoms with Crippen LogP contribution in [0.5, 0.6) is 0 Å². The number of fused-ring (bicyclic) bond motifs is 1. The van der Waals surface area contributed by atoms with Crippen LogP contribution in [0.15, 0.2) is 42.5 Å². The third-order valence-corrected chi connectivity index (χ3v) is 4.13. The van der Waals surface area contributed by atoms with Gasteiger partial charge in [0.1, 0.15) is 0 Å². The predicted octanol–water partition coefficient (Wildman–Crippen LogP) is 4.71. The van der Waals surface area contributed by atoms with Crippen LogP contribution in [0.3, 0.4) is 0 Å². The Hall–Kier alpha value is -1.54. The number of hydrogen-bond acceptors (Lipinski definition) is 1. The Morgan fingerprint density at radius 1 is 1.10 bits per heavy atom. The van der Waals surface area contributed by atoms with E-state index < -0.39 is 0 Å². The van der Waals surface area contributed by atoms with E-state index in [0.29, 0.717) is 12.4 Å². The van der Waals surface area contributed by atoms with Crippen molar-refractivity contribution in [3.05, 3.63) is 48.0 Å². The Morgan fingerprint density at radius 2 is 1.76 bits per heavy atom. The topological polar surface area (TPSA) is 20.3 Å². The molecule has 0 spiro atoms. The van der Waals surface area contributed by atoms with Gasteiger partial charge in [-0.3, -0.25) is 4.79 Å². The zero-order valence-electron chi connectivity index (χ0n) is 12.7. The first-order valence-corrected chi connectivity index (χ1v) is 8.10. The van der Waals surface area contributed by atoms with Crippen LogP contribution in [-0.4, -0.2) is 29.3 Å². The number of halogens is 1. The average molecular weight is 304 g/mol. The van der Waals surface area contributed by atoms with Gasteiger partial charge in [0.2, 0.25) is 0 Å². The molecule has 0 fully saturated rings. The molecular formula is C18H22ClNO. The lowest BCUT2D eigenvalue weighted by Gasteiger charge is -2.30. The minimum atomic E-state index is 0.0788. The second-order valence-electron chi connectivity index (χ2n) is 5.22. The number of rotatable bonds is 6. The number of amides is 1. The molecule has 0 radical (unpaired) electrons. The van der Waals surface area contributed by atoms with Crippen LogP contribution < -0.4 is 0 Å². The third kappa shape index (κ3) is 3.56. The fourth-order valence-electron chi connectivity index (χ4n) is 2.76. The van der Waals surface area contributed by atoms with E-state index in [1.54, 1.807) is 0 Å². The minimum absolute atomic E-state index is 0.0788. The highest BCUT2D eigenvalue weighted by atomic mass is 35.5. The van der Waals surface area contributed by atoms with Crippen molar-refractivity contribution < 1.29 is 4.79 Å². The average Bonchev–Trinajstić information content (AvgIpc) is 2.54. The van der Waals surface area contributed by atoms with Gasteiger partial charge in [-0.25, -0.2) is 0 Å². The van der Waals surface area contributed by atoms with Crippen LogP contribution in [0, 0.1) is 0 Å². The van der Waals surface area contributed by atoms with Gasteiger partial charge in [-0.1, -0.05) is 44.2 Å². The Balaban J connectivity index is 2.33. The van der Waals surface area contributed by atoms with Gasteiger partial charge in [0.05, 0.1) is 0 Å². The molecule has 0 atom stereocenters. The maximum absolute atomic E-state index is 12.8. The first-order chi connectivity index (χ1) is 10.2. The Labute approximate surface area is 131 Å². The van der Waals surface area contributed by atoms with Crippen molar-refractivity contribution in [2.75, 3.05) is 12.4 Å². The zero-order chi connectivity index (χ0) is 15.2. The van der Waals surface area contributed by atoms with Crippen LogP contribution in [0.4, 0.5) is 0 Å². The summed E-state index contributed by atoms with van der Waals surface area (Å²) < 4.78 is 0. The summed E-state index contributed by atoms with van der Waals surface area (Å²) in [5, 5.41) is 2.25. The minimum Gasteiger partial charge on any atom is -0.334 e. The quantitative estimate of drug-likeness (QED) is 0.708. The molecule has 0 bridgehead atoms. The van der Waals surface area contributed by atoms with Gasteiger partial charge >= 0.3 is 0 Å². The lowest BCUT2D eigenvalue weighted by molar-refractivity contribution is 0.0682. The number of hydrogen-bond donors (Lipinski definition) is 0. The molecule has 0 N–H and O–H groups in total. The van der Waals surface area contributed by atoms with Gasteiger partial charge in [-0.15, -0.1) is 11.6 Å². The first-order valence-electron chi connectivity index (χ1n) is 7.57. The number of benzene rings is 2. The molecule has 3 heteroatoms. The van der Waals surface area contributed by atoms with Gasteiger partial charge < -0.3 is 4.90 Å². The molecule has 2 rings (SSSR count). The number of nitrogens with zero attached hydrogens (tertiary/aromatic N) is 1. The highest BCUT2D eigenvalue weighted by Gasteiger charge is 2.21. The summed E-state index contributed by atoms with van der Waals surface area (Å²) in [5.74, 6) is 0.547. The molecule has 2 nitrogen and oxygen atoms in total. The standard InChI is InChI=1S/C18H22ClNO/c1-3-17(4-2)20(12-11-19)18(21)16-10-9-14-7-5-6-8-15(14)13-16/h5-10,13,17H,3-4,11-12H2,1-2H3. The van der Waals surface area contributed by atoms with Gasteiger partial charge in [-0.2, -0.15) is 0 Å². The van der Waals surface area contributed by atoms with E-state index in [4.69, 9.17) is 11.6 Å². The van der Waals surface area contributed by atoms with Crippen molar-refractivity contribution >= 4 is 28.3 Å². The predicted molar refractivity (Wildman–Crippen MR) is 90.1 cm³/mol. The third-order valence-electron chi connectivity index (χ3n) is 3.97. The van der Waals surface area contributed by atoms with Crippen molar-refractivity contribution in [1.29, 1.82) is 0 Å². The van der Waals surface area contributed by atoms with E-state index in [2.05, 4.69) is 19.9 Å². The van der Waals surface area contributed by atoms with Crippen molar-refractivity contribution in [2.45, 2.75) is 32.7 Å². The molecular weight excluding hydrogens is 282 g/mol. The molecule has 0 aromatic heterocycles. The summed E-state index contributed by atoms with van der Waals surface area (Å²) in [5.41, 5.74) is 0.741. The molecule has 2 aromatic carbocycles. The van der Waals surface area contributed by atoms with Crippen LogP contribution in [0.25, 0.3) is 10.8 Å². The smallest absolute Gasteiger partial charge is 0.254 e. The number of carbonyl (C=O) groups excluding carboxylic acids is 1. The van der Waals surface area contributed by atoms with Crippen molar-refractivity contribution in [1.82, 2.24) is 4.90 Å². The van der Waals surface area contributed by atoms with Gasteiger partial charge in [0.25, 0.3) is 5.91 Å². The highest BCUT2D eigenvalue weighted by molar-refractivity contribution is 6.18. The second kappa shape index (κ2) is 7.46. The Kier molecular flexibility index (Phi) is 5.63. The van der Waals surface area contributed by atoms with E-state index in [0.717, 1.165) is 29.2 Å². The normalized spacial score (nSPS) is 11.0. The fraction of sp³-hybridized carbons (Fsp3) is 0.389. The molecule has 1 amide bonds. The fourth-order valence-corrected chi connectivity index (χ4v) is 2.94. The van der Waals surface area contributed by atoms with Crippen molar-refractivity contribution in [3.63, 3.8) is 0 Å². The van der Waals surface area contributed by atoms with Crippen LogP contribution in [0.1, 0.15) is 37.0 Å². The molecule has 0 saturated carbocycles. The summed E-state index contributed by atoms with van der Waals surface area (Å²) in [4.78, 5) is 14.7. The summed E-state index contributed by atoms with van der Waals surface area (Å²) in [6.45, 7) is 4.83. The van der Waals surface area contributed by atoms with E-state index in [1.165, 1.54) is 0 Å². The summed E-state index contributed by atoms with van der Waals surface area (Å²) in [7, 11) is 0. The lowest BCUT2D eigenvalue weighted by Crippen LogP contribution is -2.41. The Bertz CT molecular complexity index is 607. The maximum Gasteiger partial charge on any atom is 0.254 e. The van der Waals surface area contributed by atoms with Crippen LogP contribution >= 0.6 is 11.6 Å². The van der Waals surface area contributed by atoms with Crippen molar-refractivity contribution in [3.8, 4) is 0 Å². The molecule has 0 unspecified atom stereocenters. The van der Waals surface area contributed by atoms with Gasteiger partial charge in [0, 0.05) is 24.0 Å². The highest BCUT2D eigenvalue weighted by Crippen LogP contribution is 2.19. The monoisotopic (exact) mass is 303 g/mol. The SMILES string of the molecule is CCC(CC)N(CCCl)C(=O)c1ccc2ccccc2c1. The molecule has 0 aliphatic rings. The number of carbonyl (C=O) groups is 1. The molecule has 0 heterocycles. The molecule has 21 heavy (non-hydrogen) atoms. The van der Waals surface area contributed by atoms with E-state index in [1.807, 2.05) is 41.3 Å². The van der Waals surface area contributed by atoms with Crippen LogP contribution in [-0.2, 0) is 0 Å². The summed E-state index contributed by atoms with van der Waals surface area (Å²) in [6, 6.07) is 14.2. The summed E-state index contributed by atoms with van der Waals surface area (Å²) >= 11 is 5.89. The molecule has 2 aromatic rings. The van der Waals surface area contributed by atoms with E-state index >= 15 is 0 Å². The van der Waals surface area contributed by atoms with Crippen molar-refractivity contribution in [2.24, 2.45) is 0 Å². The second-order valence-corrected chi connectivity index (χ2v) is 5.60. The lowest BCUT2D eigenvalue weighted by atomic mass is 10.0. The summed E-state index contributed by atoms with van der Waals surface area (Å²) in [6.07, 6.45) is 1.90. The van der Waals surface area contributed by atoms with Gasteiger partial charge in [0.15, 0.2) is 0 Å². The Morgan fingerprint density at radius 3 is 2.38 bits per heavy atom. The molecule has 0 saturated heterocycles. The van der Waals surface area contributed by atoms with Gasteiger partial charge in [-0.05, 0) is 35.7 Å². The maximum atomic E-state index is 12.8. The largest absolute Gasteiger partial charge is 0.334 e. The number of alkyl halides is 1. The molecule has 0 aliphatic carbocycles. The van der Waals surface area contributed by atoms with E-state index in [9.17, 15) is 4.79 Å². The van der Waals surface area contributed by atoms with E-state index in [-0.39, 0.29) is 11.9 Å². The van der Waals surface area contributed by atoms with Crippen LogP contribution in [0.2, 0.25) is 0 Å². The first kappa shape index (κ1) is 15.8. The zero-order valence-corrected chi connectivity index (χ0v) is 13.4.